The summed E-state index contributed by atoms with van der Waals surface area (Å²) in [4.78, 5) is 8.35. The summed E-state index contributed by atoms with van der Waals surface area (Å²) in [6, 6.07) is 14.8. The first-order valence-electron chi connectivity index (χ1n) is 8.54. The zero-order chi connectivity index (χ0) is 16.5. The van der Waals surface area contributed by atoms with Crippen LogP contribution in [0.25, 0.3) is 10.1 Å². The molecule has 0 radical (unpaired) electrons. The van der Waals surface area contributed by atoms with Gasteiger partial charge < -0.3 is 5.11 Å². The summed E-state index contributed by atoms with van der Waals surface area (Å²) in [6.07, 6.45) is 2.79. The lowest BCUT2D eigenvalue weighted by atomic mass is 9.93. The van der Waals surface area contributed by atoms with Crippen molar-refractivity contribution in [3.8, 4) is 0 Å². The molecule has 1 aliphatic heterocycles. The molecule has 4 heteroatoms. The van der Waals surface area contributed by atoms with Gasteiger partial charge in [-0.1, -0.05) is 31.2 Å². The van der Waals surface area contributed by atoms with Crippen LogP contribution >= 0.6 is 11.3 Å². The van der Waals surface area contributed by atoms with Gasteiger partial charge in [0.15, 0.2) is 0 Å². The third kappa shape index (κ3) is 2.97. The molecule has 24 heavy (non-hydrogen) atoms. The number of β-amino-alcohol motifs (C(OH)–C–C–N with tert-alkyl or cyclic N) is 1. The summed E-state index contributed by atoms with van der Waals surface area (Å²) in [6.45, 7) is 4.91. The second-order valence-corrected chi connectivity index (χ2v) is 7.71. The Morgan fingerprint density at radius 1 is 1.21 bits per heavy atom. The van der Waals surface area contributed by atoms with Crippen molar-refractivity contribution in [1.82, 2.24) is 9.88 Å². The van der Waals surface area contributed by atoms with Crippen molar-refractivity contribution in [2.75, 3.05) is 19.6 Å². The number of thiophene rings is 1. The first-order valence-corrected chi connectivity index (χ1v) is 9.35. The van der Waals surface area contributed by atoms with Crippen LogP contribution in [-0.2, 0) is 6.42 Å². The van der Waals surface area contributed by atoms with Crippen LogP contribution in [0.4, 0.5) is 0 Å². The van der Waals surface area contributed by atoms with E-state index in [4.69, 9.17) is 0 Å². The van der Waals surface area contributed by atoms with Gasteiger partial charge in [-0.25, -0.2) is 0 Å². The van der Waals surface area contributed by atoms with Gasteiger partial charge in [-0.05, 0) is 35.6 Å². The number of aliphatic hydroxyl groups excluding tert-OH is 1. The van der Waals surface area contributed by atoms with Crippen molar-refractivity contribution in [1.29, 1.82) is 0 Å². The van der Waals surface area contributed by atoms with Crippen molar-refractivity contribution in [2.45, 2.75) is 25.4 Å². The van der Waals surface area contributed by atoms with Crippen LogP contribution in [0.3, 0.4) is 0 Å². The quantitative estimate of drug-likeness (QED) is 0.771. The Labute approximate surface area is 146 Å². The normalized spacial score (nSPS) is 17.1. The van der Waals surface area contributed by atoms with E-state index in [1.54, 1.807) is 0 Å². The van der Waals surface area contributed by atoms with Gasteiger partial charge >= 0.3 is 0 Å². The summed E-state index contributed by atoms with van der Waals surface area (Å²) in [7, 11) is 0. The van der Waals surface area contributed by atoms with E-state index >= 15 is 0 Å². The zero-order valence-corrected chi connectivity index (χ0v) is 14.7. The Morgan fingerprint density at radius 3 is 2.75 bits per heavy atom. The highest BCUT2D eigenvalue weighted by atomic mass is 32.1. The zero-order valence-electron chi connectivity index (χ0n) is 13.9. The molecule has 3 aromatic rings. The SMILES string of the molecule is C[C@@H](c1ccccn1)c1c(CCN2CC(O)C2)sc2ccccc12. The molecule has 1 N–H and O–H groups in total. The molecule has 0 saturated carbocycles. The first kappa shape index (κ1) is 15.8. The van der Waals surface area contributed by atoms with Gasteiger partial charge in [0.2, 0.25) is 0 Å². The highest BCUT2D eigenvalue weighted by Gasteiger charge is 2.25. The highest BCUT2D eigenvalue weighted by Crippen LogP contribution is 2.38. The van der Waals surface area contributed by atoms with E-state index in [9.17, 15) is 5.11 Å². The van der Waals surface area contributed by atoms with E-state index in [0.29, 0.717) is 5.92 Å². The minimum Gasteiger partial charge on any atom is -0.390 e. The lowest BCUT2D eigenvalue weighted by Gasteiger charge is -2.35. The molecule has 1 aromatic carbocycles. The number of hydrogen-bond acceptors (Lipinski definition) is 4. The fourth-order valence-electron chi connectivity index (χ4n) is 3.54. The Balaban J connectivity index is 1.67. The van der Waals surface area contributed by atoms with Crippen LogP contribution in [0, 0.1) is 0 Å². The van der Waals surface area contributed by atoms with Crippen LogP contribution in [0.5, 0.6) is 0 Å². The molecule has 1 saturated heterocycles. The molecule has 124 valence electrons. The highest BCUT2D eigenvalue weighted by molar-refractivity contribution is 7.19. The Hall–Kier alpha value is -1.75. The number of hydrogen-bond donors (Lipinski definition) is 1. The van der Waals surface area contributed by atoms with Gasteiger partial charge in [0.05, 0.1) is 6.10 Å². The molecule has 4 rings (SSSR count). The molecular weight excluding hydrogens is 316 g/mol. The third-order valence-electron chi connectivity index (χ3n) is 4.87. The topological polar surface area (TPSA) is 36.4 Å². The second kappa shape index (κ2) is 6.63. The molecule has 1 atom stereocenters. The molecule has 0 spiro atoms. The summed E-state index contributed by atoms with van der Waals surface area (Å²) >= 11 is 1.91. The summed E-state index contributed by atoms with van der Waals surface area (Å²) in [5.41, 5.74) is 2.55. The number of fused-ring (bicyclic) bond motifs is 1. The molecular formula is C20H22N2OS. The summed E-state index contributed by atoms with van der Waals surface area (Å²) in [5.74, 6) is 0.291. The first-order chi connectivity index (χ1) is 11.7. The molecule has 0 aliphatic carbocycles. The van der Waals surface area contributed by atoms with E-state index in [0.717, 1.165) is 31.7 Å². The predicted molar refractivity (Wildman–Crippen MR) is 99.7 cm³/mol. The number of likely N-dealkylation sites (tertiary alicyclic amines) is 1. The van der Waals surface area contributed by atoms with Crippen molar-refractivity contribution in [3.63, 3.8) is 0 Å². The van der Waals surface area contributed by atoms with E-state index in [1.807, 2.05) is 23.6 Å². The molecule has 2 aromatic heterocycles. The van der Waals surface area contributed by atoms with Crippen LogP contribution in [-0.4, -0.2) is 40.7 Å². The van der Waals surface area contributed by atoms with Crippen LogP contribution in [0.15, 0.2) is 48.7 Å². The maximum atomic E-state index is 9.47. The van der Waals surface area contributed by atoms with Crippen LogP contribution in [0.1, 0.15) is 29.0 Å². The average molecular weight is 338 g/mol. The summed E-state index contributed by atoms with van der Waals surface area (Å²) in [5, 5.41) is 10.8. The van der Waals surface area contributed by atoms with E-state index in [2.05, 4.69) is 53.2 Å². The molecule has 3 heterocycles. The van der Waals surface area contributed by atoms with Gasteiger partial charge in [0.1, 0.15) is 0 Å². The largest absolute Gasteiger partial charge is 0.390 e. The van der Waals surface area contributed by atoms with Crippen molar-refractivity contribution < 1.29 is 5.11 Å². The minimum atomic E-state index is -0.126. The molecule has 0 amide bonds. The van der Waals surface area contributed by atoms with Crippen LogP contribution < -0.4 is 0 Å². The number of rotatable bonds is 5. The van der Waals surface area contributed by atoms with Crippen molar-refractivity contribution >= 4 is 21.4 Å². The lowest BCUT2D eigenvalue weighted by Crippen LogP contribution is -2.51. The van der Waals surface area contributed by atoms with Gasteiger partial charge in [0, 0.05) is 47.0 Å². The number of benzene rings is 1. The molecule has 3 nitrogen and oxygen atoms in total. The van der Waals surface area contributed by atoms with Gasteiger partial charge in [0.25, 0.3) is 0 Å². The van der Waals surface area contributed by atoms with Crippen molar-refractivity contribution in [2.24, 2.45) is 0 Å². The predicted octanol–water partition coefficient (Wildman–Crippen LogP) is 3.67. The maximum Gasteiger partial charge on any atom is 0.0793 e. The number of pyridine rings is 1. The summed E-state index contributed by atoms with van der Waals surface area (Å²) < 4.78 is 1.36. The molecule has 1 aliphatic rings. The smallest absolute Gasteiger partial charge is 0.0793 e. The third-order valence-corrected chi connectivity index (χ3v) is 6.11. The maximum absolute atomic E-state index is 9.47. The van der Waals surface area contributed by atoms with E-state index in [-0.39, 0.29) is 6.10 Å². The average Bonchev–Trinajstić information content (AvgIpc) is 2.96. The molecule has 0 unspecified atom stereocenters. The Morgan fingerprint density at radius 2 is 2.00 bits per heavy atom. The van der Waals surface area contributed by atoms with E-state index < -0.39 is 0 Å². The standard InChI is InChI=1S/C20H22N2OS/c1-14(17-7-4-5-10-21-17)20-16-6-2-3-8-18(16)24-19(20)9-11-22-12-15(23)13-22/h2-8,10,14-15,23H,9,11-13H2,1H3/t14-/m0/s1. The molecule has 1 fully saturated rings. The van der Waals surface area contributed by atoms with Crippen LogP contribution in [0.2, 0.25) is 0 Å². The molecule has 0 bridgehead atoms. The second-order valence-electron chi connectivity index (χ2n) is 6.57. The van der Waals surface area contributed by atoms with E-state index in [1.165, 1.54) is 20.5 Å². The minimum absolute atomic E-state index is 0.126. The fourth-order valence-corrected chi connectivity index (χ4v) is 4.83. The lowest BCUT2D eigenvalue weighted by molar-refractivity contribution is 0.00319. The number of aromatic nitrogens is 1. The number of nitrogens with zero attached hydrogens (tertiary/aromatic N) is 2. The van der Waals surface area contributed by atoms with Gasteiger partial charge in [-0.15, -0.1) is 11.3 Å². The number of aliphatic hydroxyl groups is 1. The van der Waals surface area contributed by atoms with Gasteiger partial charge in [-0.2, -0.15) is 0 Å². The monoisotopic (exact) mass is 338 g/mol. The Bertz CT molecular complexity index is 824. The fraction of sp³-hybridized carbons (Fsp3) is 0.350. The van der Waals surface area contributed by atoms with Crippen molar-refractivity contribution in [3.05, 3.63) is 64.8 Å². The Kier molecular flexibility index (Phi) is 4.35. The van der Waals surface area contributed by atoms with Gasteiger partial charge in [-0.3, -0.25) is 9.88 Å².